The molecule has 0 saturated carbocycles. The van der Waals surface area contributed by atoms with Gasteiger partial charge in [0.2, 0.25) is 0 Å². The van der Waals surface area contributed by atoms with Gasteiger partial charge in [-0.25, -0.2) is 0 Å². The smallest absolute Gasteiger partial charge is 0.180 e. The summed E-state index contributed by atoms with van der Waals surface area (Å²) in [5.41, 5.74) is 1.84. The fraction of sp³-hybridized carbons (Fsp3) is 0.727. The maximum atomic E-state index is 11.7. The van der Waals surface area contributed by atoms with E-state index in [9.17, 15) is 4.79 Å². The van der Waals surface area contributed by atoms with Crippen molar-refractivity contribution in [2.75, 3.05) is 39.5 Å². The highest BCUT2D eigenvalue weighted by molar-refractivity contribution is 5.93. The number of ketones is 1. The van der Waals surface area contributed by atoms with Crippen LogP contribution in [0, 0.1) is 0 Å². The van der Waals surface area contributed by atoms with Gasteiger partial charge in [-0.3, -0.25) is 9.78 Å². The average molecular weight is 379 g/mol. The van der Waals surface area contributed by atoms with Crippen LogP contribution in [0.2, 0.25) is 0 Å². The van der Waals surface area contributed by atoms with Crippen LogP contribution in [-0.2, 0) is 9.47 Å². The van der Waals surface area contributed by atoms with E-state index in [1.165, 1.54) is 5.56 Å². The van der Waals surface area contributed by atoms with Crippen LogP contribution in [-0.4, -0.2) is 61.2 Å². The van der Waals surface area contributed by atoms with Gasteiger partial charge in [-0.15, -0.1) is 0 Å². The van der Waals surface area contributed by atoms with Gasteiger partial charge in [-0.05, 0) is 57.3 Å². The Bertz CT molecular complexity index is 509. The van der Waals surface area contributed by atoms with Crippen molar-refractivity contribution in [3.05, 3.63) is 29.6 Å². The van der Waals surface area contributed by atoms with Crippen LogP contribution >= 0.6 is 0 Å². The third-order valence-electron chi connectivity index (χ3n) is 4.68. The molecule has 2 rings (SSSR count). The summed E-state index contributed by atoms with van der Waals surface area (Å²) >= 11 is 0. The number of likely N-dealkylation sites (tertiary alicyclic amines) is 1. The van der Waals surface area contributed by atoms with Gasteiger partial charge < -0.3 is 14.4 Å². The van der Waals surface area contributed by atoms with Crippen molar-refractivity contribution in [3.8, 4) is 0 Å². The number of rotatable bonds is 10. The lowest BCUT2D eigenvalue weighted by Gasteiger charge is -2.32. The standard InChI is InChI=1S/C20H32N2O3.C2H6/c1-4-20(23)19-6-5-18(15-21-19)17-7-9-22(10-8-17)11-12-24-13-14-25-16(2)3;1-2/h5-6,15-17H,4,7-14H2,1-3H3;1-2H3. The van der Waals surface area contributed by atoms with Gasteiger partial charge in [0.05, 0.1) is 25.9 Å². The second-order valence-electron chi connectivity index (χ2n) is 6.90. The van der Waals surface area contributed by atoms with Crippen molar-refractivity contribution in [2.24, 2.45) is 0 Å². The molecule has 1 aromatic rings. The molecule has 0 radical (unpaired) electrons. The molecule has 1 fully saturated rings. The maximum Gasteiger partial charge on any atom is 0.180 e. The van der Waals surface area contributed by atoms with E-state index in [-0.39, 0.29) is 11.9 Å². The number of hydrogen-bond donors (Lipinski definition) is 0. The number of carbonyl (C=O) groups excluding carboxylic acids is 1. The molecule has 0 bridgehead atoms. The number of Topliss-reactive ketones (excluding diaryl/α,β-unsaturated/α-hetero) is 1. The number of ether oxygens (including phenoxy) is 2. The fourth-order valence-corrected chi connectivity index (χ4v) is 3.12. The number of pyridine rings is 1. The van der Waals surface area contributed by atoms with Crippen molar-refractivity contribution in [1.82, 2.24) is 9.88 Å². The lowest BCUT2D eigenvalue weighted by atomic mass is 9.90. The maximum absolute atomic E-state index is 11.7. The minimum absolute atomic E-state index is 0.111. The Morgan fingerprint density at radius 3 is 2.44 bits per heavy atom. The lowest BCUT2D eigenvalue weighted by molar-refractivity contribution is 0.0126. The Labute approximate surface area is 165 Å². The Balaban J connectivity index is 0.00000176. The van der Waals surface area contributed by atoms with E-state index in [0.29, 0.717) is 31.2 Å². The van der Waals surface area contributed by atoms with Crippen molar-refractivity contribution < 1.29 is 14.3 Å². The predicted molar refractivity (Wildman–Crippen MR) is 111 cm³/mol. The van der Waals surface area contributed by atoms with Crippen molar-refractivity contribution in [3.63, 3.8) is 0 Å². The number of aromatic nitrogens is 1. The molecule has 0 unspecified atom stereocenters. The summed E-state index contributed by atoms with van der Waals surface area (Å²) in [5, 5.41) is 0. The van der Waals surface area contributed by atoms with Crippen LogP contribution in [0.1, 0.15) is 75.9 Å². The van der Waals surface area contributed by atoms with Gasteiger partial charge in [-0.1, -0.05) is 26.8 Å². The van der Waals surface area contributed by atoms with Gasteiger partial charge in [0.25, 0.3) is 0 Å². The molecule has 0 aromatic carbocycles. The summed E-state index contributed by atoms with van der Waals surface area (Å²) in [6, 6.07) is 3.95. The second kappa shape index (κ2) is 13.8. The van der Waals surface area contributed by atoms with Crippen LogP contribution in [0.15, 0.2) is 18.3 Å². The number of hydrogen-bond acceptors (Lipinski definition) is 5. The molecule has 1 saturated heterocycles. The van der Waals surface area contributed by atoms with E-state index in [1.54, 1.807) is 0 Å². The molecule has 1 aromatic heterocycles. The molecule has 27 heavy (non-hydrogen) atoms. The second-order valence-corrected chi connectivity index (χ2v) is 6.90. The van der Waals surface area contributed by atoms with Crippen LogP contribution in [0.5, 0.6) is 0 Å². The third-order valence-corrected chi connectivity index (χ3v) is 4.68. The van der Waals surface area contributed by atoms with Crippen LogP contribution in [0.25, 0.3) is 0 Å². The predicted octanol–water partition coefficient (Wildman–Crippen LogP) is 4.32. The Hall–Kier alpha value is -1.30. The minimum Gasteiger partial charge on any atom is -0.378 e. The zero-order chi connectivity index (χ0) is 20.1. The minimum atomic E-state index is 0.111. The van der Waals surface area contributed by atoms with E-state index in [2.05, 4.69) is 16.0 Å². The molecule has 5 nitrogen and oxygen atoms in total. The number of piperidine rings is 1. The number of carbonyl (C=O) groups is 1. The molecule has 2 heterocycles. The third kappa shape index (κ3) is 8.96. The largest absolute Gasteiger partial charge is 0.378 e. The molecule has 154 valence electrons. The van der Waals surface area contributed by atoms with Gasteiger partial charge >= 0.3 is 0 Å². The quantitative estimate of drug-likeness (QED) is 0.448. The van der Waals surface area contributed by atoms with Crippen LogP contribution in [0.4, 0.5) is 0 Å². The molecule has 0 amide bonds. The van der Waals surface area contributed by atoms with Gasteiger partial charge in [-0.2, -0.15) is 0 Å². The van der Waals surface area contributed by atoms with Gasteiger partial charge in [0, 0.05) is 19.2 Å². The van der Waals surface area contributed by atoms with Crippen LogP contribution in [0.3, 0.4) is 0 Å². The molecule has 0 spiro atoms. The summed E-state index contributed by atoms with van der Waals surface area (Å²) in [6.07, 6.45) is 4.95. The van der Waals surface area contributed by atoms with E-state index in [0.717, 1.165) is 39.1 Å². The molecular weight excluding hydrogens is 340 g/mol. The van der Waals surface area contributed by atoms with Crippen molar-refractivity contribution in [1.29, 1.82) is 0 Å². The van der Waals surface area contributed by atoms with Crippen LogP contribution < -0.4 is 0 Å². The number of nitrogens with zero attached hydrogens (tertiary/aromatic N) is 2. The zero-order valence-corrected chi connectivity index (χ0v) is 17.9. The first-order chi connectivity index (χ1) is 13.1. The summed E-state index contributed by atoms with van der Waals surface area (Å²) < 4.78 is 11.1. The average Bonchev–Trinajstić information content (AvgIpc) is 2.72. The molecule has 1 aliphatic rings. The highest BCUT2D eigenvalue weighted by Gasteiger charge is 2.20. The monoisotopic (exact) mass is 378 g/mol. The lowest BCUT2D eigenvalue weighted by Crippen LogP contribution is -2.35. The van der Waals surface area contributed by atoms with E-state index >= 15 is 0 Å². The first-order valence-electron chi connectivity index (χ1n) is 10.5. The summed E-state index contributed by atoms with van der Waals surface area (Å²) in [5.74, 6) is 0.662. The SMILES string of the molecule is CC.CCC(=O)c1ccc(C2CCN(CCOCCOC(C)C)CC2)cn1. The van der Waals surface area contributed by atoms with Gasteiger partial charge in [0.15, 0.2) is 5.78 Å². The molecular formula is C22H38N2O3. The summed E-state index contributed by atoms with van der Waals surface area (Å²) in [4.78, 5) is 18.5. The first-order valence-corrected chi connectivity index (χ1v) is 10.5. The normalized spacial score (nSPS) is 15.5. The molecule has 0 aliphatic carbocycles. The molecule has 5 heteroatoms. The van der Waals surface area contributed by atoms with Gasteiger partial charge in [0.1, 0.15) is 5.69 Å². The Morgan fingerprint density at radius 1 is 1.19 bits per heavy atom. The highest BCUT2D eigenvalue weighted by atomic mass is 16.5. The van der Waals surface area contributed by atoms with E-state index in [1.807, 2.05) is 46.9 Å². The summed E-state index contributed by atoms with van der Waals surface area (Å²) in [7, 11) is 0. The topological polar surface area (TPSA) is 51.7 Å². The Kier molecular flexibility index (Phi) is 12.1. The Morgan fingerprint density at radius 2 is 1.89 bits per heavy atom. The first kappa shape index (κ1) is 23.7. The highest BCUT2D eigenvalue weighted by Crippen LogP contribution is 2.27. The fourth-order valence-electron chi connectivity index (χ4n) is 3.12. The molecule has 0 atom stereocenters. The molecule has 0 N–H and O–H groups in total. The van der Waals surface area contributed by atoms with E-state index in [4.69, 9.17) is 9.47 Å². The van der Waals surface area contributed by atoms with Crippen molar-refractivity contribution in [2.45, 2.75) is 65.9 Å². The zero-order valence-electron chi connectivity index (χ0n) is 17.9. The molecule has 1 aliphatic heterocycles. The van der Waals surface area contributed by atoms with Crippen molar-refractivity contribution >= 4 is 5.78 Å². The van der Waals surface area contributed by atoms with E-state index < -0.39 is 0 Å². The summed E-state index contributed by atoms with van der Waals surface area (Å²) in [6.45, 7) is 15.2.